The van der Waals surface area contributed by atoms with Gasteiger partial charge in [0, 0.05) is 13.0 Å². The number of carbonyl (C=O) groups excluding carboxylic acids is 1. The highest BCUT2D eigenvalue weighted by Gasteiger charge is 2.29. The van der Waals surface area contributed by atoms with Gasteiger partial charge >= 0.3 is 0 Å². The topological polar surface area (TPSA) is 29.1 Å². The third-order valence-corrected chi connectivity index (χ3v) is 4.15. The van der Waals surface area contributed by atoms with Gasteiger partial charge in [0.1, 0.15) is 6.29 Å². The number of carbonyl (C=O) groups is 1. The molecule has 1 aliphatic heterocycles. The van der Waals surface area contributed by atoms with E-state index in [4.69, 9.17) is 0 Å². The Morgan fingerprint density at radius 2 is 2.29 bits per heavy atom. The maximum Gasteiger partial charge on any atom is 0.120 e. The van der Waals surface area contributed by atoms with Gasteiger partial charge in [0.05, 0.1) is 0 Å². The summed E-state index contributed by atoms with van der Waals surface area (Å²) in [4.78, 5) is 10.4. The van der Waals surface area contributed by atoms with Gasteiger partial charge in [-0.1, -0.05) is 18.2 Å². The summed E-state index contributed by atoms with van der Waals surface area (Å²) in [6, 6.07) is 6.84. The van der Waals surface area contributed by atoms with Crippen molar-refractivity contribution in [2.45, 2.75) is 31.6 Å². The second-order valence-electron chi connectivity index (χ2n) is 5.40. The van der Waals surface area contributed by atoms with Crippen molar-refractivity contribution in [3.8, 4) is 0 Å². The molecule has 2 nitrogen and oxygen atoms in total. The lowest BCUT2D eigenvalue weighted by molar-refractivity contribution is -0.107. The highest BCUT2D eigenvalue weighted by atomic mass is 16.1. The van der Waals surface area contributed by atoms with Crippen LogP contribution in [0.3, 0.4) is 0 Å². The Labute approximate surface area is 102 Å². The molecule has 2 aliphatic rings. The fourth-order valence-electron chi connectivity index (χ4n) is 3.35. The van der Waals surface area contributed by atoms with Crippen LogP contribution < -0.4 is 5.32 Å². The number of hydrogen-bond acceptors (Lipinski definition) is 2. The third-order valence-electron chi connectivity index (χ3n) is 4.15. The smallest absolute Gasteiger partial charge is 0.120 e. The van der Waals surface area contributed by atoms with Crippen LogP contribution in [0, 0.1) is 5.92 Å². The molecule has 0 aromatic heterocycles. The molecule has 2 unspecified atom stereocenters. The van der Waals surface area contributed by atoms with Gasteiger partial charge in [0.2, 0.25) is 0 Å². The lowest BCUT2D eigenvalue weighted by atomic mass is 9.74. The average molecular weight is 229 g/mol. The van der Waals surface area contributed by atoms with Crippen molar-refractivity contribution < 1.29 is 4.79 Å². The first-order chi connectivity index (χ1) is 8.36. The maximum atomic E-state index is 10.4. The van der Waals surface area contributed by atoms with E-state index >= 15 is 0 Å². The summed E-state index contributed by atoms with van der Waals surface area (Å²) < 4.78 is 0. The lowest BCUT2D eigenvalue weighted by Gasteiger charge is -2.37. The molecule has 1 N–H and O–H groups in total. The summed E-state index contributed by atoms with van der Waals surface area (Å²) in [5.41, 5.74) is 4.41. The van der Waals surface area contributed by atoms with E-state index in [1.165, 1.54) is 30.5 Å². The van der Waals surface area contributed by atoms with E-state index < -0.39 is 0 Å². The molecule has 1 heterocycles. The number of nitrogens with one attached hydrogen (secondary N) is 1. The maximum absolute atomic E-state index is 10.4. The number of rotatable bonds is 3. The van der Waals surface area contributed by atoms with E-state index in [0.717, 1.165) is 31.1 Å². The predicted molar refractivity (Wildman–Crippen MR) is 68.2 cm³/mol. The number of fused-ring (bicyclic) bond motifs is 4. The van der Waals surface area contributed by atoms with E-state index in [0.29, 0.717) is 6.42 Å². The van der Waals surface area contributed by atoms with Gasteiger partial charge in [-0.2, -0.15) is 0 Å². The zero-order valence-corrected chi connectivity index (χ0v) is 10.1. The van der Waals surface area contributed by atoms with Crippen molar-refractivity contribution in [3.05, 3.63) is 34.9 Å². The molecule has 1 aliphatic carbocycles. The number of piperidine rings is 1. The van der Waals surface area contributed by atoms with Crippen molar-refractivity contribution in [1.29, 1.82) is 0 Å². The molecular weight excluding hydrogens is 210 g/mol. The van der Waals surface area contributed by atoms with Crippen molar-refractivity contribution in [2.24, 2.45) is 5.92 Å². The van der Waals surface area contributed by atoms with Crippen molar-refractivity contribution in [3.63, 3.8) is 0 Å². The molecule has 1 fully saturated rings. The summed E-state index contributed by atoms with van der Waals surface area (Å²) in [6.07, 6.45) is 5.12. The normalized spacial score (nSPS) is 26.4. The van der Waals surface area contributed by atoms with Crippen LogP contribution in [-0.4, -0.2) is 19.4 Å². The molecule has 2 heteroatoms. The zero-order valence-electron chi connectivity index (χ0n) is 10.1. The Balaban J connectivity index is 1.87. The second kappa shape index (κ2) is 4.61. The molecule has 1 aromatic carbocycles. The van der Waals surface area contributed by atoms with Crippen molar-refractivity contribution in [1.82, 2.24) is 5.32 Å². The molecule has 3 rings (SSSR count). The third kappa shape index (κ3) is 2.14. The molecular formula is C15H19NO. The van der Waals surface area contributed by atoms with Gasteiger partial charge in [-0.15, -0.1) is 0 Å². The largest absolute Gasteiger partial charge is 0.316 e. The van der Waals surface area contributed by atoms with Crippen LogP contribution in [0.15, 0.2) is 18.2 Å². The van der Waals surface area contributed by atoms with Gasteiger partial charge in [-0.3, -0.25) is 0 Å². The second-order valence-corrected chi connectivity index (χ2v) is 5.40. The van der Waals surface area contributed by atoms with Gasteiger partial charge < -0.3 is 10.1 Å². The SMILES string of the molecule is O=CCCc1ccc2c(c1)CC1CNCC2C1. The van der Waals surface area contributed by atoms with Crippen molar-refractivity contribution in [2.75, 3.05) is 13.1 Å². The number of aldehydes is 1. The van der Waals surface area contributed by atoms with E-state index in [2.05, 4.69) is 23.5 Å². The van der Waals surface area contributed by atoms with E-state index in [1.807, 2.05) is 0 Å². The standard InChI is InChI=1S/C15H19NO/c17-5-1-2-11-3-4-15-13(6-11)7-12-8-14(15)10-16-9-12/h3-6,12,14,16H,1-2,7-10H2. The van der Waals surface area contributed by atoms with Crippen LogP contribution >= 0.6 is 0 Å². The summed E-state index contributed by atoms with van der Waals surface area (Å²) in [5.74, 6) is 1.54. The van der Waals surface area contributed by atoms with Crippen molar-refractivity contribution >= 4 is 6.29 Å². The van der Waals surface area contributed by atoms with Crippen LogP contribution in [0.1, 0.15) is 35.4 Å². The van der Waals surface area contributed by atoms with E-state index in [9.17, 15) is 4.79 Å². The van der Waals surface area contributed by atoms with Gasteiger partial charge in [0.15, 0.2) is 0 Å². The Bertz CT molecular complexity index is 427. The summed E-state index contributed by atoms with van der Waals surface area (Å²) in [6.45, 7) is 2.31. The molecule has 2 bridgehead atoms. The quantitative estimate of drug-likeness (QED) is 0.804. The lowest BCUT2D eigenvalue weighted by Crippen LogP contribution is -2.39. The predicted octanol–water partition coefficient (Wildman–Crippen LogP) is 2.07. The highest BCUT2D eigenvalue weighted by molar-refractivity contribution is 5.50. The molecule has 0 amide bonds. The molecule has 17 heavy (non-hydrogen) atoms. The first-order valence-corrected chi connectivity index (χ1v) is 6.63. The molecule has 2 atom stereocenters. The number of hydrogen-bond donors (Lipinski definition) is 1. The van der Waals surface area contributed by atoms with Crippen LogP contribution in [-0.2, 0) is 17.6 Å². The molecule has 0 radical (unpaired) electrons. The molecule has 1 aromatic rings. The zero-order chi connectivity index (χ0) is 11.7. The first kappa shape index (κ1) is 11.0. The minimum Gasteiger partial charge on any atom is -0.316 e. The summed E-state index contributed by atoms with van der Waals surface area (Å²) in [7, 11) is 0. The highest BCUT2D eigenvalue weighted by Crippen LogP contribution is 2.37. The molecule has 0 spiro atoms. The minimum atomic E-state index is 0.646. The van der Waals surface area contributed by atoms with Gasteiger partial charge in [-0.05, 0) is 54.3 Å². The minimum absolute atomic E-state index is 0.646. The Kier molecular flexibility index (Phi) is 2.98. The molecule has 90 valence electrons. The molecule has 1 saturated heterocycles. The van der Waals surface area contributed by atoms with Gasteiger partial charge in [0.25, 0.3) is 0 Å². The van der Waals surface area contributed by atoms with Gasteiger partial charge in [-0.25, -0.2) is 0 Å². The van der Waals surface area contributed by atoms with Crippen LogP contribution in [0.4, 0.5) is 0 Å². The average Bonchev–Trinajstić information content (AvgIpc) is 2.36. The van der Waals surface area contributed by atoms with Crippen LogP contribution in [0.5, 0.6) is 0 Å². The van der Waals surface area contributed by atoms with Crippen LogP contribution in [0.25, 0.3) is 0 Å². The van der Waals surface area contributed by atoms with Crippen LogP contribution in [0.2, 0.25) is 0 Å². The van der Waals surface area contributed by atoms with E-state index in [-0.39, 0.29) is 0 Å². The number of benzene rings is 1. The van der Waals surface area contributed by atoms with E-state index in [1.54, 1.807) is 5.56 Å². The fraction of sp³-hybridized carbons (Fsp3) is 0.533. The Morgan fingerprint density at radius 3 is 3.18 bits per heavy atom. The summed E-state index contributed by atoms with van der Waals surface area (Å²) >= 11 is 0. The number of aryl methyl sites for hydroxylation is 1. The Morgan fingerprint density at radius 1 is 1.35 bits per heavy atom. The molecule has 0 saturated carbocycles. The first-order valence-electron chi connectivity index (χ1n) is 6.63. The fourth-order valence-corrected chi connectivity index (χ4v) is 3.35. The monoisotopic (exact) mass is 229 g/mol. The Hall–Kier alpha value is -1.15. The summed E-state index contributed by atoms with van der Waals surface area (Å²) in [5, 5.41) is 3.53.